The van der Waals surface area contributed by atoms with Crippen LogP contribution in [0.15, 0.2) is 47.6 Å². The summed E-state index contributed by atoms with van der Waals surface area (Å²) in [5.74, 6) is 0.553. The first-order valence-corrected chi connectivity index (χ1v) is 10.1. The Morgan fingerprint density at radius 3 is 2.00 bits per heavy atom. The number of rotatable bonds is 11. The van der Waals surface area contributed by atoms with E-state index in [1.165, 1.54) is 62.5 Å². The van der Waals surface area contributed by atoms with Gasteiger partial charge in [-0.1, -0.05) is 95.4 Å². The average molecular weight is 327 g/mol. The van der Waals surface area contributed by atoms with Crippen LogP contribution in [0.5, 0.6) is 0 Å². The second kappa shape index (κ2) is 12.1. The molecule has 1 aromatic rings. The average Bonchev–Trinajstić information content (AvgIpc) is 2.59. The molecule has 24 heavy (non-hydrogen) atoms. The van der Waals surface area contributed by atoms with Crippen LogP contribution in [0.2, 0.25) is 0 Å². The number of allylic oxidation sites excluding steroid dienone is 4. The van der Waals surface area contributed by atoms with Gasteiger partial charge >= 0.3 is 0 Å². The zero-order valence-electron chi connectivity index (χ0n) is 16.7. The molecule has 0 radical (unpaired) electrons. The number of hydrogen-bond donors (Lipinski definition) is 0. The molecule has 134 valence electrons. The van der Waals surface area contributed by atoms with E-state index in [9.17, 15) is 0 Å². The van der Waals surface area contributed by atoms with E-state index in [0.29, 0.717) is 5.92 Å². The smallest absolute Gasteiger partial charge is 0.00887 e. The van der Waals surface area contributed by atoms with Crippen LogP contribution in [-0.4, -0.2) is 0 Å². The van der Waals surface area contributed by atoms with Gasteiger partial charge in [0.15, 0.2) is 0 Å². The quantitative estimate of drug-likeness (QED) is 0.360. The summed E-state index contributed by atoms with van der Waals surface area (Å²) in [4.78, 5) is 0. The highest BCUT2D eigenvalue weighted by Crippen LogP contribution is 2.36. The van der Waals surface area contributed by atoms with E-state index in [0.717, 1.165) is 0 Å². The monoisotopic (exact) mass is 326 g/mol. The van der Waals surface area contributed by atoms with Crippen LogP contribution in [0.25, 0.3) is 0 Å². The Labute approximate surface area is 151 Å². The molecular weight excluding hydrogens is 288 g/mol. The molecule has 0 fully saturated rings. The lowest BCUT2D eigenvalue weighted by molar-refractivity contribution is 0.676. The second-order valence-corrected chi connectivity index (χ2v) is 6.97. The van der Waals surface area contributed by atoms with Crippen molar-refractivity contribution in [1.29, 1.82) is 0 Å². The van der Waals surface area contributed by atoms with Crippen LogP contribution in [0, 0.1) is 6.92 Å². The second-order valence-electron chi connectivity index (χ2n) is 6.97. The summed E-state index contributed by atoms with van der Waals surface area (Å²) in [7, 11) is 0. The van der Waals surface area contributed by atoms with Crippen molar-refractivity contribution >= 4 is 0 Å². The normalized spacial score (nSPS) is 14.0. The minimum Gasteiger partial charge on any atom is -0.0810 e. The van der Waals surface area contributed by atoms with Gasteiger partial charge in [-0.25, -0.2) is 0 Å². The molecule has 0 spiro atoms. The molecule has 0 bridgehead atoms. The zero-order valence-corrected chi connectivity index (χ0v) is 16.7. The molecule has 0 amide bonds. The van der Waals surface area contributed by atoms with Crippen molar-refractivity contribution in [3.8, 4) is 0 Å². The molecule has 0 N–H and O–H groups in total. The van der Waals surface area contributed by atoms with Crippen molar-refractivity contribution in [1.82, 2.24) is 0 Å². The Bertz CT molecular complexity index is 501. The van der Waals surface area contributed by atoms with Gasteiger partial charge in [-0.3, -0.25) is 0 Å². The minimum atomic E-state index is 0.553. The van der Waals surface area contributed by atoms with Gasteiger partial charge in [0.25, 0.3) is 0 Å². The standard InChI is InChI=1S/C24H38/c1-6-10-14-21(12-8-3)24(15-11-7-2)23(13-9-4)22-18-16-20(5)17-19-22/h14-19,23H,6-13H2,1-5H3/b21-14+,24-15+. The fraction of sp³-hybridized carbons (Fsp3) is 0.583. The lowest BCUT2D eigenvalue weighted by Crippen LogP contribution is -2.06. The predicted molar refractivity (Wildman–Crippen MR) is 110 cm³/mol. The summed E-state index contributed by atoms with van der Waals surface area (Å²) < 4.78 is 0. The third-order valence-electron chi connectivity index (χ3n) is 4.65. The highest BCUT2D eigenvalue weighted by Gasteiger charge is 2.18. The van der Waals surface area contributed by atoms with Gasteiger partial charge in [0.2, 0.25) is 0 Å². The van der Waals surface area contributed by atoms with Crippen LogP contribution >= 0.6 is 0 Å². The topological polar surface area (TPSA) is 0 Å². The summed E-state index contributed by atoms with van der Waals surface area (Å²) in [5, 5.41) is 0. The molecule has 0 aliphatic heterocycles. The summed E-state index contributed by atoms with van der Waals surface area (Å²) in [5.41, 5.74) is 6.05. The summed E-state index contributed by atoms with van der Waals surface area (Å²) in [6.07, 6.45) is 14.8. The Morgan fingerprint density at radius 2 is 1.46 bits per heavy atom. The first kappa shape index (κ1) is 20.7. The lowest BCUT2D eigenvalue weighted by Gasteiger charge is -2.24. The van der Waals surface area contributed by atoms with Crippen molar-refractivity contribution < 1.29 is 0 Å². The molecular formula is C24H38. The summed E-state index contributed by atoms with van der Waals surface area (Å²) in [6, 6.07) is 9.23. The molecule has 1 atom stereocenters. The molecule has 0 heteroatoms. The molecule has 0 saturated carbocycles. The third kappa shape index (κ3) is 6.67. The van der Waals surface area contributed by atoms with Crippen LogP contribution in [-0.2, 0) is 0 Å². The van der Waals surface area contributed by atoms with E-state index in [1.807, 2.05) is 0 Å². The highest BCUT2D eigenvalue weighted by atomic mass is 14.2. The van der Waals surface area contributed by atoms with Crippen molar-refractivity contribution in [2.75, 3.05) is 0 Å². The summed E-state index contributed by atoms with van der Waals surface area (Å²) in [6.45, 7) is 11.4. The van der Waals surface area contributed by atoms with Crippen molar-refractivity contribution in [2.24, 2.45) is 0 Å². The van der Waals surface area contributed by atoms with Crippen LogP contribution in [0.3, 0.4) is 0 Å². The minimum absolute atomic E-state index is 0.553. The fourth-order valence-electron chi connectivity index (χ4n) is 3.34. The molecule has 1 aromatic carbocycles. The van der Waals surface area contributed by atoms with E-state index in [4.69, 9.17) is 0 Å². The van der Waals surface area contributed by atoms with Crippen molar-refractivity contribution in [2.45, 2.75) is 91.9 Å². The van der Waals surface area contributed by atoms with E-state index in [-0.39, 0.29) is 0 Å². The Kier molecular flexibility index (Phi) is 10.5. The molecule has 0 heterocycles. The van der Waals surface area contributed by atoms with Crippen LogP contribution in [0.1, 0.15) is 96.1 Å². The highest BCUT2D eigenvalue weighted by molar-refractivity contribution is 5.42. The van der Waals surface area contributed by atoms with Gasteiger partial charge in [-0.05, 0) is 49.3 Å². The van der Waals surface area contributed by atoms with Crippen LogP contribution < -0.4 is 0 Å². The van der Waals surface area contributed by atoms with Gasteiger partial charge < -0.3 is 0 Å². The van der Waals surface area contributed by atoms with Crippen LogP contribution in [0.4, 0.5) is 0 Å². The van der Waals surface area contributed by atoms with Crippen molar-refractivity contribution in [3.63, 3.8) is 0 Å². The molecule has 0 aliphatic rings. The van der Waals surface area contributed by atoms with Gasteiger partial charge in [-0.2, -0.15) is 0 Å². The Hall–Kier alpha value is -1.30. The van der Waals surface area contributed by atoms with E-state index in [1.54, 1.807) is 11.1 Å². The molecule has 1 unspecified atom stereocenters. The third-order valence-corrected chi connectivity index (χ3v) is 4.65. The molecule has 0 saturated heterocycles. The Morgan fingerprint density at radius 1 is 0.833 bits per heavy atom. The predicted octanol–water partition coefficient (Wildman–Crippen LogP) is 8.13. The maximum Gasteiger partial charge on any atom is 0.00887 e. The van der Waals surface area contributed by atoms with E-state index in [2.05, 4.69) is 71.0 Å². The fourth-order valence-corrected chi connectivity index (χ4v) is 3.34. The van der Waals surface area contributed by atoms with E-state index < -0.39 is 0 Å². The number of hydrogen-bond acceptors (Lipinski definition) is 0. The van der Waals surface area contributed by atoms with Gasteiger partial charge in [0, 0.05) is 5.92 Å². The maximum atomic E-state index is 2.54. The first-order chi connectivity index (χ1) is 11.7. The molecule has 0 aromatic heterocycles. The number of aryl methyl sites for hydroxylation is 1. The molecule has 0 aliphatic carbocycles. The molecule has 1 rings (SSSR count). The lowest BCUT2D eigenvalue weighted by atomic mass is 9.81. The largest absolute Gasteiger partial charge is 0.0810 e. The number of benzene rings is 1. The van der Waals surface area contributed by atoms with E-state index >= 15 is 0 Å². The van der Waals surface area contributed by atoms with Gasteiger partial charge in [0.05, 0.1) is 0 Å². The zero-order chi connectivity index (χ0) is 17.8. The van der Waals surface area contributed by atoms with Gasteiger partial charge in [-0.15, -0.1) is 0 Å². The van der Waals surface area contributed by atoms with Crippen molar-refractivity contribution in [3.05, 3.63) is 58.7 Å². The number of unbranched alkanes of at least 4 members (excludes halogenated alkanes) is 2. The SMILES string of the molecule is CCC/C=C(\C(=C\CCC)CCC)C(CCC)c1ccc(C)cc1. The molecule has 0 nitrogen and oxygen atoms in total. The first-order valence-electron chi connectivity index (χ1n) is 10.1. The maximum absolute atomic E-state index is 2.54. The van der Waals surface area contributed by atoms with Gasteiger partial charge in [0.1, 0.15) is 0 Å². The summed E-state index contributed by atoms with van der Waals surface area (Å²) >= 11 is 0. The Balaban J connectivity index is 3.27.